The SMILES string of the molecule is CC(C)(C)NC(=O)Oc1cc(C(F)(F)F)c(CO)cc1F. The lowest BCUT2D eigenvalue weighted by Crippen LogP contribution is -2.42. The van der Waals surface area contributed by atoms with Crippen molar-refractivity contribution in [3.63, 3.8) is 0 Å². The smallest absolute Gasteiger partial charge is 0.407 e. The van der Waals surface area contributed by atoms with Crippen molar-refractivity contribution in [3.05, 3.63) is 29.1 Å². The van der Waals surface area contributed by atoms with Gasteiger partial charge in [0.1, 0.15) is 0 Å². The van der Waals surface area contributed by atoms with Gasteiger partial charge in [0.15, 0.2) is 11.6 Å². The molecule has 0 radical (unpaired) electrons. The van der Waals surface area contributed by atoms with Gasteiger partial charge in [-0.05, 0) is 38.5 Å². The van der Waals surface area contributed by atoms with Crippen LogP contribution in [0.3, 0.4) is 0 Å². The Hall–Kier alpha value is -1.83. The summed E-state index contributed by atoms with van der Waals surface area (Å²) >= 11 is 0. The number of carbonyl (C=O) groups excluding carboxylic acids is 1. The van der Waals surface area contributed by atoms with Gasteiger partial charge in [-0.1, -0.05) is 0 Å². The van der Waals surface area contributed by atoms with Crippen molar-refractivity contribution in [2.45, 2.75) is 39.1 Å². The first-order valence-corrected chi connectivity index (χ1v) is 5.94. The quantitative estimate of drug-likeness (QED) is 0.825. The Bertz CT molecular complexity index is 535. The van der Waals surface area contributed by atoms with Crippen LogP contribution in [0, 0.1) is 5.82 Å². The molecule has 0 aliphatic carbocycles. The summed E-state index contributed by atoms with van der Waals surface area (Å²) in [6.45, 7) is 3.89. The van der Waals surface area contributed by atoms with Crippen molar-refractivity contribution < 1.29 is 32.2 Å². The molecular formula is C13H15F4NO3. The van der Waals surface area contributed by atoms with Crippen molar-refractivity contribution in [2.24, 2.45) is 0 Å². The van der Waals surface area contributed by atoms with Gasteiger partial charge in [0.05, 0.1) is 12.2 Å². The molecule has 1 amide bonds. The minimum absolute atomic E-state index is 0.350. The summed E-state index contributed by atoms with van der Waals surface area (Å²) in [5, 5.41) is 11.2. The maximum Gasteiger partial charge on any atom is 0.416 e. The third-order valence-corrected chi connectivity index (χ3v) is 2.31. The molecule has 0 unspecified atom stereocenters. The average molecular weight is 309 g/mol. The molecule has 4 nitrogen and oxygen atoms in total. The molecule has 0 aromatic heterocycles. The number of rotatable bonds is 2. The Morgan fingerprint density at radius 2 is 1.86 bits per heavy atom. The van der Waals surface area contributed by atoms with Crippen LogP contribution in [0.4, 0.5) is 22.4 Å². The Kier molecular flexibility index (Phi) is 4.83. The molecule has 0 atom stereocenters. The van der Waals surface area contributed by atoms with Crippen molar-refractivity contribution in [2.75, 3.05) is 0 Å². The molecule has 21 heavy (non-hydrogen) atoms. The second kappa shape index (κ2) is 5.88. The molecule has 1 aromatic carbocycles. The van der Waals surface area contributed by atoms with Crippen molar-refractivity contribution in [1.29, 1.82) is 0 Å². The fourth-order valence-corrected chi connectivity index (χ4v) is 1.50. The largest absolute Gasteiger partial charge is 0.416 e. The van der Waals surface area contributed by atoms with E-state index in [9.17, 15) is 22.4 Å². The molecule has 8 heteroatoms. The zero-order valence-electron chi connectivity index (χ0n) is 11.6. The highest BCUT2D eigenvalue weighted by Gasteiger charge is 2.35. The lowest BCUT2D eigenvalue weighted by Gasteiger charge is -2.20. The third kappa shape index (κ3) is 4.89. The Labute approximate surface area is 118 Å². The topological polar surface area (TPSA) is 58.6 Å². The number of benzene rings is 1. The van der Waals surface area contributed by atoms with Crippen LogP contribution in [0.25, 0.3) is 0 Å². The van der Waals surface area contributed by atoms with Gasteiger partial charge in [-0.15, -0.1) is 0 Å². The molecule has 2 N–H and O–H groups in total. The normalized spacial score (nSPS) is 12.2. The van der Waals surface area contributed by atoms with E-state index in [1.54, 1.807) is 20.8 Å². The number of aliphatic hydroxyl groups is 1. The molecular weight excluding hydrogens is 294 g/mol. The highest BCUT2D eigenvalue weighted by atomic mass is 19.4. The number of ether oxygens (including phenoxy) is 1. The van der Waals surface area contributed by atoms with Crippen molar-refractivity contribution in [3.8, 4) is 5.75 Å². The van der Waals surface area contributed by atoms with E-state index in [0.29, 0.717) is 12.1 Å². The van der Waals surface area contributed by atoms with Crippen molar-refractivity contribution >= 4 is 6.09 Å². The predicted molar refractivity (Wildman–Crippen MR) is 66.2 cm³/mol. The van der Waals surface area contributed by atoms with Crippen LogP contribution in [0.2, 0.25) is 0 Å². The van der Waals surface area contributed by atoms with Crippen LogP contribution in [0.5, 0.6) is 5.75 Å². The lowest BCUT2D eigenvalue weighted by atomic mass is 10.1. The fourth-order valence-electron chi connectivity index (χ4n) is 1.50. The summed E-state index contributed by atoms with van der Waals surface area (Å²) in [5.41, 5.74) is -2.58. The number of carbonyl (C=O) groups is 1. The Morgan fingerprint density at radius 1 is 1.29 bits per heavy atom. The van der Waals surface area contributed by atoms with Gasteiger partial charge >= 0.3 is 12.3 Å². The second-order valence-corrected chi connectivity index (χ2v) is 5.36. The molecule has 118 valence electrons. The van der Waals surface area contributed by atoms with Crippen LogP contribution in [0.15, 0.2) is 12.1 Å². The molecule has 0 spiro atoms. The highest BCUT2D eigenvalue weighted by molar-refractivity contribution is 5.71. The van der Waals surface area contributed by atoms with Crippen LogP contribution in [-0.2, 0) is 12.8 Å². The number of hydrogen-bond donors (Lipinski definition) is 2. The number of amides is 1. The van der Waals surface area contributed by atoms with Gasteiger partial charge in [-0.3, -0.25) is 0 Å². The van der Waals surface area contributed by atoms with Gasteiger partial charge in [0.25, 0.3) is 0 Å². The van der Waals surface area contributed by atoms with Gasteiger partial charge in [-0.2, -0.15) is 13.2 Å². The van der Waals surface area contributed by atoms with Crippen LogP contribution < -0.4 is 10.1 Å². The monoisotopic (exact) mass is 309 g/mol. The van der Waals surface area contributed by atoms with Gasteiger partial charge in [-0.25, -0.2) is 9.18 Å². The molecule has 1 aromatic rings. The minimum Gasteiger partial charge on any atom is -0.407 e. The van der Waals surface area contributed by atoms with Crippen LogP contribution in [-0.4, -0.2) is 16.7 Å². The number of hydrogen-bond acceptors (Lipinski definition) is 3. The molecule has 0 saturated heterocycles. The van der Waals surface area contributed by atoms with Gasteiger partial charge < -0.3 is 15.2 Å². The minimum atomic E-state index is -4.80. The standard InChI is InChI=1S/C13H15F4NO3/c1-12(2,3)18-11(20)21-10-5-8(13(15,16)17)7(6-19)4-9(10)14/h4-5,19H,6H2,1-3H3,(H,18,20). The van der Waals surface area contributed by atoms with E-state index in [1.807, 2.05) is 0 Å². The summed E-state index contributed by atoms with van der Waals surface area (Å²) in [7, 11) is 0. The first-order chi connectivity index (χ1) is 9.44. The van der Waals surface area contributed by atoms with E-state index < -0.39 is 47.1 Å². The summed E-state index contributed by atoms with van der Waals surface area (Å²) in [6, 6.07) is 0.839. The molecule has 0 fully saturated rings. The number of halogens is 4. The second-order valence-electron chi connectivity index (χ2n) is 5.36. The van der Waals surface area contributed by atoms with Crippen LogP contribution >= 0.6 is 0 Å². The molecule has 1 rings (SSSR count). The molecule has 0 heterocycles. The van der Waals surface area contributed by atoms with Gasteiger partial charge in [0, 0.05) is 5.54 Å². The third-order valence-electron chi connectivity index (χ3n) is 2.31. The van der Waals surface area contributed by atoms with E-state index in [0.717, 1.165) is 0 Å². The van der Waals surface area contributed by atoms with E-state index >= 15 is 0 Å². The molecule has 0 saturated carbocycles. The fraction of sp³-hybridized carbons (Fsp3) is 0.462. The summed E-state index contributed by atoms with van der Waals surface area (Å²) in [4.78, 5) is 11.5. The van der Waals surface area contributed by atoms with E-state index in [-0.39, 0.29) is 0 Å². The zero-order chi connectivity index (χ0) is 16.4. The lowest BCUT2D eigenvalue weighted by molar-refractivity contribution is -0.138. The summed E-state index contributed by atoms with van der Waals surface area (Å²) in [5.74, 6) is -2.03. The summed E-state index contributed by atoms with van der Waals surface area (Å²) in [6.07, 6.45) is -5.88. The zero-order valence-corrected chi connectivity index (χ0v) is 11.6. The van der Waals surface area contributed by atoms with E-state index in [2.05, 4.69) is 10.1 Å². The molecule has 0 bridgehead atoms. The summed E-state index contributed by atoms with van der Waals surface area (Å²) < 4.78 is 56.5. The van der Waals surface area contributed by atoms with Crippen LogP contribution in [0.1, 0.15) is 31.9 Å². The average Bonchev–Trinajstić information content (AvgIpc) is 2.27. The first-order valence-electron chi connectivity index (χ1n) is 5.94. The Balaban J connectivity index is 3.12. The van der Waals surface area contributed by atoms with E-state index in [1.165, 1.54) is 0 Å². The highest BCUT2D eigenvalue weighted by Crippen LogP contribution is 2.35. The van der Waals surface area contributed by atoms with Crippen molar-refractivity contribution in [1.82, 2.24) is 5.32 Å². The maximum atomic E-state index is 13.6. The number of nitrogens with one attached hydrogen (secondary N) is 1. The molecule has 0 aliphatic heterocycles. The number of aliphatic hydroxyl groups excluding tert-OH is 1. The predicted octanol–water partition coefficient (Wildman–Crippen LogP) is 3.22. The Morgan fingerprint density at radius 3 is 2.29 bits per heavy atom. The first kappa shape index (κ1) is 17.2. The van der Waals surface area contributed by atoms with Gasteiger partial charge in [0.2, 0.25) is 0 Å². The number of alkyl halides is 3. The van der Waals surface area contributed by atoms with E-state index in [4.69, 9.17) is 5.11 Å². The molecule has 0 aliphatic rings. The maximum absolute atomic E-state index is 13.6.